The molecule has 0 saturated carbocycles. The topological polar surface area (TPSA) is 0 Å². The van der Waals surface area contributed by atoms with E-state index in [1.54, 1.807) is 0 Å². The first-order chi connectivity index (χ1) is 11.2. The molecule has 124 valence electrons. The van der Waals surface area contributed by atoms with Crippen molar-refractivity contribution in [2.45, 2.75) is 37.3 Å². The molecule has 1 unspecified atom stereocenters. The van der Waals surface area contributed by atoms with Crippen molar-refractivity contribution < 1.29 is 0 Å². The van der Waals surface area contributed by atoms with Crippen molar-refractivity contribution in [2.75, 3.05) is 5.75 Å². The van der Waals surface area contributed by atoms with Crippen LogP contribution < -0.4 is 10.6 Å². The van der Waals surface area contributed by atoms with Crippen LogP contribution >= 0.6 is 16.0 Å². The van der Waals surface area contributed by atoms with Crippen molar-refractivity contribution in [3.8, 4) is 0 Å². The molecule has 0 aliphatic heterocycles. The van der Waals surface area contributed by atoms with Crippen molar-refractivity contribution in [2.24, 2.45) is 0 Å². The fourth-order valence-electron chi connectivity index (χ4n) is 2.36. The summed E-state index contributed by atoms with van der Waals surface area (Å²) in [5.74, 6) is 1.31. The van der Waals surface area contributed by atoms with Gasteiger partial charge in [0.1, 0.15) is 0 Å². The number of benzene rings is 2. The fourth-order valence-corrected chi connectivity index (χ4v) is 22.5. The normalized spacial score (nSPS) is 13.0. The van der Waals surface area contributed by atoms with Crippen LogP contribution in [-0.4, -0.2) is 39.5 Å². The van der Waals surface area contributed by atoms with Gasteiger partial charge in [0.05, 0.1) is 0 Å². The van der Waals surface area contributed by atoms with E-state index < -0.39 is 4.20 Å². The summed E-state index contributed by atoms with van der Waals surface area (Å²) in [5, 5.41) is 3.01. The minimum atomic E-state index is -1.37. The standard InChI is InChI=1S/C19H25PSSe2/c1-3-4-11-16-21-17(2)23-20(22,18-12-7-5-8-13-18)19-14-9-6-10-15-19/h5-10,12-15,17H,3-4,11,16H2,1-2H3. The molecule has 0 radical (unpaired) electrons. The molecular formula is C19H25PSSe2. The quantitative estimate of drug-likeness (QED) is 0.290. The van der Waals surface area contributed by atoms with Crippen LogP contribution in [0.15, 0.2) is 60.7 Å². The monoisotopic (exact) mass is 476 g/mol. The molecule has 2 rings (SSSR count). The van der Waals surface area contributed by atoms with Crippen molar-refractivity contribution in [3.63, 3.8) is 0 Å². The van der Waals surface area contributed by atoms with Crippen LogP contribution in [0.3, 0.4) is 0 Å². The summed E-state index contributed by atoms with van der Waals surface area (Å²) in [6.07, 6.45) is 4.03. The van der Waals surface area contributed by atoms with Gasteiger partial charge in [-0.2, -0.15) is 0 Å². The first kappa shape index (κ1) is 19.6. The van der Waals surface area contributed by atoms with Crippen molar-refractivity contribution >= 4 is 56.2 Å². The van der Waals surface area contributed by atoms with Crippen molar-refractivity contribution in [1.29, 1.82) is 0 Å². The van der Waals surface area contributed by atoms with Gasteiger partial charge in [0.2, 0.25) is 0 Å². The van der Waals surface area contributed by atoms with E-state index in [1.165, 1.54) is 35.6 Å². The van der Waals surface area contributed by atoms with E-state index >= 15 is 0 Å². The van der Waals surface area contributed by atoms with E-state index in [-0.39, 0.29) is 0 Å². The molecular weight excluding hydrogens is 449 g/mol. The third kappa shape index (κ3) is 5.93. The fraction of sp³-hybridized carbons (Fsp3) is 0.368. The Balaban J connectivity index is 2.17. The molecule has 0 nitrogen and oxygen atoms in total. The van der Waals surface area contributed by atoms with E-state index in [9.17, 15) is 0 Å². The number of hydrogen-bond acceptors (Lipinski definition) is 1. The summed E-state index contributed by atoms with van der Waals surface area (Å²) in [7, 11) is 0. The Morgan fingerprint density at radius 1 is 0.957 bits per heavy atom. The van der Waals surface area contributed by atoms with Crippen molar-refractivity contribution in [3.05, 3.63) is 60.7 Å². The van der Waals surface area contributed by atoms with E-state index in [0.717, 1.165) is 4.15 Å². The second kappa shape index (κ2) is 10.3. The van der Waals surface area contributed by atoms with Gasteiger partial charge in [-0.25, -0.2) is 0 Å². The van der Waals surface area contributed by atoms with Crippen molar-refractivity contribution in [1.82, 2.24) is 0 Å². The molecule has 0 bridgehead atoms. The number of unbranched alkanes of at least 4 members (excludes halogenated alkanes) is 2. The van der Waals surface area contributed by atoms with Gasteiger partial charge >= 0.3 is 160 Å². The number of thioether (sulfide) groups is 1. The zero-order valence-corrected chi connectivity index (χ0v) is 19.0. The molecule has 0 heterocycles. The third-order valence-corrected chi connectivity index (χ3v) is 21.2. The number of hydrogen-bond donors (Lipinski definition) is 0. The van der Waals surface area contributed by atoms with Crippen LogP contribution in [0.4, 0.5) is 0 Å². The molecule has 23 heavy (non-hydrogen) atoms. The molecule has 0 N–H and O–H groups in total. The maximum atomic E-state index is 3.68. The molecule has 0 fully saturated rings. The van der Waals surface area contributed by atoms with Gasteiger partial charge in [-0.3, -0.25) is 0 Å². The Bertz CT molecular complexity index is 572. The Kier molecular flexibility index (Phi) is 8.77. The number of rotatable bonds is 9. The van der Waals surface area contributed by atoms with E-state index in [2.05, 4.69) is 101 Å². The molecule has 0 spiro atoms. The van der Waals surface area contributed by atoms with Crippen LogP contribution in [-0.2, 0) is 0 Å². The summed E-state index contributed by atoms with van der Waals surface area (Å²) in [6, 6.07) is 22.2. The zero-order valence-electron chi connectivity index (χ0n) is 13.9. The minimum absolute atomic E-state index is 0.562. The van der Waals surface area contributed by atoms with Gasteiger partial charge in [0.25, 0.3) is 0 Å². The second-order valence-corrected chi connectivity index (χ2v) is 23.2. The summed E-state index contributed by atoms with van der Waals surface area (Å²) in [5.41, 5.74) is 0. The van der Waals surface area contributed by atoms with Gasteiger partial charge in [0.15, 0.2) is 0 Å². The predicted molar refractivity (Wildman–Crippen MR) is 112 cm³/mol. The van der Waals surface area contributed by atoms with Gasteiger partial charge in [-0.05, 0) is 0 Å². The van der Waals surface area contributed by atoms with E-state index in [4.69, 9.17) is 0 Å². The molecule has 4 heteroatoms. The SMILES string of the molecule is CCCCCSC(C)[Se]P(=[Se])(c1ccccc1)c1ccccc1. The molecule has 2 aromatic carbocycles. The molecule has 2 aromatic rings. The van der Waals surface area contributed by atoms with Gasteiger partial charge < -0.3 is 0 Å². The van der Waals surface area contributed by atoms with E-state index in [1.807, 2.05) is 0 Å². The van der Waals surface area contributed by atoms with Crippen LogP contribution in [0.2, 0.25) is 0 Å². The first-order valence-electron chi connectivity index (χ1n) is 8.18. The molecule has 0 amide bonds. The summed E-state index contributed by atoms with van der Waals surface area (Å²) >= 11 is 6.41. The maximum absolute atomic E-state index is 3.68. The van der Waals surface area contributed by atoms with Gasteiger partial charge in [-0.15, -0.1) is 0 Å². The molecule has 1 atom stereocenters. The Hall–Kier alpha value is 0.259. The Morgan fingerprint density at radius 2 is 1.48 bits per heavy atom. The zero-order chi connectivity index (χ0) is 16.5. The average Bonchev–Trinajstić information content (AvgIpc) is 2.60. The molecule has 0 aromatic heterocycles. The van der Waals surface area contributed by atoms with Crippen LogP contribution in [0.5, 0.6) is 0 Å². The molecule has 0 aliphatic rings. The molecule has 0 aliphatic carbocycles. The van der Waals surface area contributed by atoms with E-state index in [0.29, 0.717) is 14.5 Å². The summed E-state index contributed by atoms with van der Waals surface area (Å²) in [6.45, 7) is 4.70. The van der Waals surface area contributed by atoms with Gasteiger partial charge in [0, 0.05) is 0 Å². The summed E-state index contributed by atoms with van der Waals surface area (Å²) in [4.78, 5) is 0. The Morgan fingerprint density at radius 3 is 1.96 bits per heavy atom. The first-order valence-corrected chi connectivity index (χ1v) is 16.4. The summed E-state index contributed by atoms with van der Waals surface area (Å²) < 4.78 is -0.624. The molecule has 0 saturated heterocycles. The van der Waals surface area contributed by atoms with Crippen LogP contribution in [0, 0.1) is 0 Å². The second-order valence-electron chi connectivity index (χ2n) is 5.47. The Labute approximate surface area is 159 Å². The van der Waals surface area contributed by atoms with Gasteiger partial charge in [-0.1, -0.05) is 0 Å². The predicted octanol–water partition coefficient (Wildman–Crippen LogP) is 4.63. The van der Waals surface area contributed by atoms with Crippen LogP contribution in [0.1, 0.15) is 33.1 Å². The average molecular weight is 474 g/mol. The third-order valence-electron chi connectivity index (χ3n) is 3.59. The van der Waals surface area contributed by atoms with Crippen LogP contribution in [0.25, 0.3) is 0 Å².